The van der Waals surface area contributed by atoms with Crippen molar-refractivity contribution in [2.45, 2.75) is 4.90 Å². The van der Waals surface area contributed by atoms with Gasteiger partial charge in [0.1, 0.15) is 11.3 Å². The van der Waals surface area contributed by atoms with E-state index in [4.69, 9.17) is 9.84 Å². The molecule has 0 atom stereocenters. The van der Waals surface area contributed by atoms with Crippen LogP contribution in [0, 0.1) is 0 Å². The summed E-state index contributed by atoms with van der Waals surface area (Å²) in [6, 6.07) is 8.76. The Hall–Kier alpha value is -1.76. The molecule has 0 radical (unpaired) electrons. The van der Waals surface area contributed by atoms with Crippen LogP contribution in [0.1, 0.15) is 10.4 Å². The number of hydrogen-bond acceptors (Lipinski definition) is 5. The molecular formula is C15H15NO4S. The van der Waals surface area contributed by atoms with Gasteiger partial charge in [-0.3, -0.25) is 0 Å². The molecule has 1 aliphatic heterocycles. The molecule has 21 heavy (non-hydrogen) atoms. The van der Waals surface area contributed by atoms with Crippen molar-refractivity contribution in [1.82, 2.24) is 4.31 Å². The van der Waals surface area contributed by atoms with Gasteiger partial charge in [-0.2, -0.15) is 0 Å². The molecule has 0 saturated carbocycles. The zero-order chi connectivity index (χ0) is 14.8. The fourth-order valence-corrected chi connectivity index (χ4v) is 3.34. The quantitative estimate of drug-likeness (QED) is 0.849. The molecule has 2 N–H and O–H groups in total. The average molecular weight is 305 g/mol. The second-order valence-corrected chi connectivity index (χ2v) is 5.92. The summed E-state index contributed by atoms with van der Waals surface area (Å²) in [4.78, 5) is 12.1. The lowest BCUT2D eigenvalue weighted by molar-refractivity contribution is 0.0694. The van der Waals surface area contributed by atoms with Crippen LogP contribution in [0.4, 0.5) is 0 Å². The van der Waals surface area contributed by atoms with Gasteiger partial charge >= 0.3 is 5.97 Å². The molecule has 1 saturated heterocycles. The maximum atomic E-state index is 11.1. The van der Waals surface area contributed by atoms with Crippen molar-refractivity contribution in [2.24, 2.45) is 0 Å². The summed E-state index contributed by atoms with van der Waals surface area (Å²) < 4.78 is 7.53. The standard InChI is InChI=1S/C15H15NO4S/c17-13-9-11-10(8-12(13)15(18)19)2-1-3-14(11)21-16-4-6-20-7-5-16/h1-3,8-9,17H,4-7H2,(H,18,19). The molecular weight excluding hydrogens is 290 g/mol. The molecule has 5 nitrogen and oxygen atoms in total. The van der Waals surface area contributed by atoms with E-state index in [-0.39, 0.29) is 11.3 Å². The number of nitrogens with zero attached hydrogens (tertiary/aromatic N) is 1. The van der Waals surface area contributed by atoms with E-state index in [1.165, 1.54) is 12.1 Å². The summed E-state index contributed by atoms with van der Waals surface area (Å²) in [7, 11) is 0. The van der Waals surface area contributed by atoms with Crippen molar-refractivity contribution in [2.75, 3.05) is 26.3 Å². The van der Waals surface area contributed by atoms with Crippen LogP contribution in [0.2, 0.25) is 0 Å². The summed E-state index contributed by atoms with van der Waals surface area (Å²) in [5, 5.41) is 20.6. The van der Waals surface area contributed by atoms with Crippen molar-refractivity contribution in [3.63, 3.8) is 0 Å². The molecule has 0 unspecified atom stereocenters. The topological polar surface area (TPSA) is 70.0 Å². The zero-order valence-electron chi connectivity index (χ0n) is 11.3. The average Bonchev–Trinajstić information content (AvgIpc) is 2.48. The van der Waals surface area contributed by atoms with Crippen LogP contribution in [0.5, 0.6) is 5.75 Å². The van der Waals surface area contributed by atoms with Crippen LogP contribution in [0.15, 0.2) is 35.2 Å². The largest absolute Gasteiger partial charge is 0.507 e. The van der Waals surface area contributed by atoms with E-state index in [0.29, 0.717) is 13.2 Å². The monoisotopic (exact) mass is 305 g/mol. The number of carbonyl (C=O) groups is 1. The molecule has 1 heterocycles. The number of fused-ring (bicyclic) bond motifs is 1. The van der Waals surface area contributed by atoms with E-state index >= 15 is 0 Å². The van der Waals surface area contributed by atoms with Crippen molar-refractivity contribution in [1.29, 1.82) is 0 Å². The van der Waals surface area contributed by atoms with Gasteiger partial charge in [0.25, 0.3) is 0 Å². The van der Waals surface area contributed by atoms with E-state index < -0.39 is 5.97 Å². The number of carboxylic acids is 1. The number of ether oxygens (including phenoxy) is 1. The SMILES string of the molecule is O=C(O)c1cc2cccc(SN3CCOCC3)c2cc1O. The maximum absolute atomic E-state index is 11.1. The Morgan fingerprint density at radius 1 is 1.24 bits per heavy atom. The molecule has 3 rings (SSSR count). The first kappa shape index (κ1) is 14.2. The highest BCUT2D eigenvalue weighted by molar-refractivity contribution is 7.97. The van der Waals surface area contributed by atoms with Gasteiger partial charge in [0.15, 0.2) is 0 Å². The van der Waals surface area contributed by atoms with Crippen LogP contribution < -0.4 is 0 Å². The Kier molecular flexibility index (Phi) is 4.01. The number of aromatic hydroxyl groups is 1. The molecule has 0 spiro atoms. The van der Waals surface area contributed by atoms with E-state index in [0.717, 1.165) is 28.8 Å². The molecule has 1 fully saturated rings. The van der Waals surface area contributed by atoms with Crippen molar-refractivity contribution in [3.8, 4) is 5.75 Å². The summed E-state index contributed by atoms with van der Waals surface area (Å²) in [5.41, 5.74) is -0.0731. The van der Waals surface area contributed by atoms with Gasteiger partial charge in [0, 0.05) is 23.4 Å². The Bertz CT molecular complexity index is 683. The van der Waals surface area contributed by atoms with E-state index in [1.807, 2.05) is 18.2 Å². The van der Waals surface area contributed by atoms with E-state index in [2.05, 4.69) is 4.31 Å². The van der Waals surface area contributed by atoms with E-state index in [9.17, 15) is 9.90 Å². The van der Waals surface area contributed by atoms with Gasteiger partial charge in [0.2, 0.25) is 0 Å². The smallest absolute Gasteiger partial charge is 0.339 e. The highest BCUT2D eigenvalue weighted by Crippen LogP contribution is 2.34. The number of carboxylic acid groups (broad SMARTS) is 1. The minimum absolute atomic E-state index is 0.0731. The number of aromatic carboxylic acids is 1. The second-order valence-electron chi connectivity index (χ2n) is 4.78. The third kappa shape index (κ3) is 2.97. The fourth-order valence-electron chi connectivity index (χ4n) is 2.31. The number of morpholine rings is 1. The molecule has 0 amide bonds. The van der Waals surface area contributed by atoms with Crippen molar-refractivity contribution >= 4 is 28.7 Å². The van der Waals surface area contributed by atoms with Gasteiger partial charge in [-0.05, 0) is 35.5 Å². The Morgan fingerprint density at radius 3 is 2.71 bits per heavy atom. The third-order valence-corrected chi connectivity index (χ3v) is 4.56. The first-order chi connectivity index (χ1) is 10.1. The molecule has 110 valence electrons. The maximum Gasteiger partial charge on any atom is 0.339 e. The van der Waals surface area contributed by atoms with Crippen LogP contribution in [-0.2, 0) is 4.74 Å². The highest BCUT2D eigenvalue weighted by Gasteiger charge is 2.16. The lowest BCUT2D eigenvalue weighted by atomic mass is 10.1. The van der Waals surface area contributed by atoms with Crippen molar-refractivity contribution < 1.29 is 19.7 Å². The lowest BCUT2D eigenvalue weighted by Crippen LogP contribution is -2.30. The minimum atomic E-state index is -1.12. The van der Waals surface area contributed by atoms with Crippen LogP contribution in [0.3, 0.4) is 0 Å². The predicted molar refractivity (Wildman–Crippen MR) is 80.8 cm³/mol. The first-order valence-corrected chi connectivity index (χ1v) is 7.42. The minimum Gasteiger partial charge on any atom is -0.507 e. The highest BCUT2D eigenvalue weighted by atomic mass is 32.2. The predicted octanol–water partition coefficient (Wildman–Crippen LogP) is 2.58. The second kappa shape index (κ2) is 5.93. The zero-order valence-corrected chi connectivity index (χ0v) is 12.1. The summed E-state index contributed by atoms with van der Waals surface area (Å²) in [5.74, 6) is -1.33. The summed E-state index contributed by atoms with van der Waals surface area (Å²) in [6.45, 7) is 3.12. The number of hydrogen-bond donors (Lipinski definition) is 2. The molecule has 2 aromatic carbocycles. The Balaban J connectivity index is 1.99. The van der Waals surface area contributed by atoms with Crippen LogP contribution in [-0.4, -0.2) is 46.8 Å². The molecule has 6 heteroatoms. The lowest BCUT2D eigenvalue weighted by Gasteiger charge is -2.25. The van der Waals surface area contributed by atoms with Crippen LogP contribution in [0.25, 0.3) is 10.8 Å². The number of phenols is 1. The van der Waals surface area contributed by atoms with Gasteiger partial charge < -0.3 is 14.9 Å². The third-order valence-electron chi connectivity index (χ3n) is 3.38. The number of rotatable bonds is 3. The molecule has 0 aliphatic carbocycles. The first-order valence-electron chi connectivity index (χ1n) is 6.65. The molecule has 1 aliphatic rings. The van der Waals surface area contributed by atoms with Gasteiger partial charge in [-0.15, -0.1) is 0 Å². The van der Waals surface area contributed by atoms with Gasteiger partial charge in [-0.25, -0.2) is 9.10 Å². The normalized spacial score (nSPS) is 16.2. The fraction of sp³-hybridized carbons (Fsp3) is 0.267. The molecule has 0 aromatic heterocycles. The summed E-state index contributed by atoms with van der Waals surface area (Å²) >= 11 is 1.61. The Morgan fingerprint density at radius 2 is 2.00 bits per heavy atom. The van der Waals surface area contributed by atoms with Crippen molar-refractivity contribution in [3.05, 3.63) is 35.9 Å². The van der Waals surface area contributed by atoms with E-state index in [1.54, 1.807) is 11.9 Å². The molecule has 0 bridgehead atoms. The number of benzene rings is 2. The Labute approximate surface area is 126 Å². The van der Waals surface area contributed by atoms with Gasteiger partial charge in [0.05, 0.1) is 13.2 Å². The van der Waals surface area contributed by atoms with Gasteiger partial charge in [-0.1, -0.05) is 12.1 Å². The molecule has 2 aromatic rings. The van der Waals surface area contributed by atoms with Crippen LogP contribution >= 0.6 is 11.9 Å². The summed E-state index contributed by atoms with van der Waals surface area (Å²) in [6.07, 6.45) is 0.